The van der Waals surface area contributed by atoms with Crippen LogP contribution in [-0.2, 0) is 28.2 Å². The molecule has 252 valence electrons. The van der Waals surface area contributed by atoms with E-state index in [1.54, 1.807) is 12.3 Å². The Balaban J connectivity index is 1.39. The highest BCUT2D eigenvalue weighted by Gasteiger charge is 2.39. The van der Waals surface area contributed by atoms with Crippen molar-refractivity contribution in [2.24, 2.45) is 4.99 Å². The highest BCUT2D eigenvalue weighted by molar-refractivity contribution is 5.94. The first kappa shape index (κ1) is 32.6. The average molecular weight is 666 g/mol. The van der Waals surface area contributed by atoms with Gasteiger partial charge in [-0.3, -0.25) is 4.90 Å². The van der Waals surface area contributed by atoms with E-state index in [1.165, 1.54) is 7.11 Å². The topological polar surface area (TPSA) is 97.2 Å². The SMILES string of the molecule is CC[C@@H]1C[C@H](Nc2ncc(N3CCOCC3)c(Cc3cc(C(F)(F)F)cc(C(F)(F)F)c3)n2)c2nc(OC)ccc2N1C1=NCCO1. The van der Waals surface area contributed by atoms with Gasteiger partial charge in [-0.05, 0) is 42.7 Å². The molecule has 3 aliphatic rings. The number of alkyl halides is 6. The van der Waals surface area contributed by atoms with Gasteiger partial charge in [0.1, 0.15) is 6.61 Å². The number of benzene rings is 1. The van der Waals surface area contributed by atoms with Crippen molar-refractivity contribution < 1.29 is 40.6 Å². The van der Waals surface area contributed by atoms with Gasteiger partial charge in [0.25, 0.3) is 6.02 Å². The highest BCUT2D eigenvalue weighted by Crippen LogP contribution is 2.41. The molecule has 47 heavy (non-hydrogen) atoms. The number of nitrogens with zero attached hydrogens (tertiary/aromatic N) is 6. The van der Waals surface area contributed by atoms with E-state index in [1.807, 2.05) is 22.8 Å². The quantitative estimate of drug-likeness (QED) is 0.311. The molecule has 1 aromatic carbocycles. The number of rotatable bonds is 7. The van der Waals surface area contributed by atoms with E-state index in [0.29, 0.717) is 69.2 Å². The van der Waals surface area contributed by atoms with E-state index in [-0.39, 0.29) is 35.7 Å². The normalized spacial score (nSPS) is 20.0. The lowest BCUT2D eigenvalue weighted by atomic mass is 9.93. The summed E-state index contributed by atoms with van der Waals surface area (Å²) in [6.07, 6.45) is -7.41. The molecular weight excluding hydrogens is 632 g/mol. The maximum absolute atomic E-state index is 13.7. The van der Waals surface area contributed by atoms with Crippen LogP contribution in [0.2, 0.25) is 0 Å². The Morgan fingerprint density at radius 1 is 0.957 bits per heavy atom. The van der Waals surface area contributed by atoms with Crippen molar-refractivity contribution in [3.8, 4) is 5.88 Å². The minimum Gasteiger partial charge on any atom is -0.481 e. The maximum atomic E-state index is 13.7. The van der Waals surface area contributed by atoms with Crippen LogP contribution in [0.3, 0.4) is 0 Å². The molecule has 16 heteroatoms. The van der Waals surface area contributed by atoms with Crippen molar-refractivity contribution in [2.45, 2.75) is 50.6 Å². The third-order valence-electron chi connectivity index (χ3n) is 8.32. The van der Waals surface area contributed by atoms with Crippen LogP contribution in [0, 0.1) is 0 Å². The number of hydrogen-bond acceptors (Lipinski definition) is 10. The van der Waals surface area contributed by atoms with Crippen LogP contribution in [0.4, 0.5) is 43.7 Å². The van der Waals surface area contributed by atoms with Gasteiger partial charge in [-0.1, -0.05) is 6.92 Å². The zero-order chi connectivity index (χ0) is 33.3. The Labute approximate surface area is 266 Å². The Morgan fingerprint density at radius 3 is 2.30 bits per heavy atom. The predicted octanol–water partition coefficient (Wildman–Crippen LogP) is 5.87. The van der Waals surface area contributed by atoms with Gasteiger partial charge in [-0.25, -0.2) is 19.9 Å². The number of pyridine rings is 1. The molecule has 0 amide bonds. The monoisotopic (exact) mass is 665 g/mol. The second-order valence-electron chi connectivity index (χ2n) is 11.4. The van der Waals surface area contributed by atoms with Crippen molar-refractivity contribution >= 4 is 23.3 Å². The van der Waals surface area contributed by atoms with Gasteiger partial charge in [0, 0.05) is 31.6 Å². The summed E-state index contributed by atoms with van der Waals surface area (Å²) >= 11 is 0. The minimum absolute atomic E-state index is 0.0370. The van der Waals surface area contributed by atoms with Crippen molar-refractivity contribution in [1.29, 1.82) is 0 Å². The molecule has 5 heterocycles. The lowest BCUT2D eigenvalue weighted by Gasteiger charge is -2.40. The number of morpholine rings is 1. The molecule has 0 radical (unpaired) electrons. The summed E-state index contributed by atoms with van der Waals surface area (Å²) in [5, 5.41) is 3.34. The van der Waals surface area contributed by atoms with Crippen LogP contribution >= 0.6 is 0 Å². The third kappa shape index (κ3) is 7.01. The molecule has 3 aromatic rings. The van der Waals surface area contributed by atoms with Gasteiger partial charge < -0.3 is 24.4 Å². The Morgan fingerprint density at radius 2 is 1.68 bits per heavy atom. The average Bonchev–Trinajstić information content (AvgIpc) is 3.58. The molecule has 3 aliphatic heterocycles. The summed E-state index contributed by atoms with van der Waals surface area (Å²) in [7, 11) is 1.51. The van der Waals surface area contributed by atoms with E-state index in [0.717, 1.165) is 24.2 Å². The zero-order valence-electron chi connectivity index (χ0n) is 25.7. The van der Waals surface area contributed by atoms with Gasteiger partial charge in [-0.2, -0.15) is 26.3 Å². The largest absolute Gasteiger partial charge is 0.481 e. The number of aliphatic imine (C=N–C) groups is 1. The number of methoxy groups -OCH3 is 1. The first-order chi connectivity index (χ1) is 22.4. The minimum atomic E-state index is -4.97. The van der Waals surface area contributed by atoms with Crippen LogP contribution < -0.4 is 19.9 Å². The Kier molecular flexibility index (Phi) is 9.05. The summed E-state index contributed by atoms with van der Waals surface area (Å²) in [5.41, 5.74) is -0.783. The summed E-state index contributed by atoms with van der Waals surface area (Å²) in [4.78, 5) is 22.4. The summed E-state index contributed by atoms with van der Waals surface area (Å²) in [5.74, 6) is 0.535. The van der Waals surface area contributed by atoms with Crippen molar-refractivity contribution in [1.82, 2.24) is 15.0 Å². The molecular formula is C31H33F6N7O3. The number of hydrogen-bond donors (Lipinski definition) is 1. The number of fused-ring (bicyclic) bond motifs is 1. The first-order valence-electron chi connectivity index (χ1n) is 15.2. The van der Waals surface area contributed by atoms with Crippen LogP contribution in [0.1, 0.15) is 53.9 Å². The van der Waals surface area contributed by atoms with Gasteiger partial charge in [-0.15, -0.1) is 0 Å². The Bertz CT molecular complexity index is 1600. The predicted molar refractivity (Wildman–Crippen MR) is 161 cm³/mol. The van der Waals surface area contributed by atoms with Gasteiger partial charge in [0.15, 0.2) is 0 Å². The standard InChI is InChI=1S/C31H33F6N7O3/c1-3-21-16-23(27-24(4-5-26(42-27)45-2)44(21)29-38-6-9-47-29)41-28-39-17-25(43-7-10-46-11-8-43)22(40-28)14-18-12-19(30(32,33)34)15-20(13-18)31(35,36)37/h4-5,12-13,15,17,21,23H,3,6-11,14,16H2,1-2H3,(H,39,40,41)/t21-,23+/m1/s1. The van der Waals surface area contributed by atoms with Crippen molar-refractivity contribution in [3.63, 3.8) is 0 Å². The second kappa shape index (κ2) is 13.0. The smallest absolute Gasteiger partial charge is 0.416 e. The molecule has 1 fully saturated rings. The number of halogens is 6. The molecule has 0 saturated carbocycles. The molecule has 1 saturated heterocycles. The van der Waals surface area contributed by atoms with Crippen LogP contribution in [0.5, 0.6) is 5.88 Å². The zero-order valence-corrected chi connectivity index (χ0v) is 25.7. The lowest BCUT2D eigenvalue weighted by Crippen LogP contribution is -2.46. The molecule has 6 rings (SSSR count). The van der Waals surface area contributed by atoms with E-state index < -0.39 is 29.5 Å². The maximum Gasteiger partial charge on any atom is 0.416 e. The van der Waals surface area contributed by atoms with E-state index in [4.69, 9.17) is 24.2 Å². The molecule has 1 N–H and O–H groups in total. The fourth-order valence-corrected chi connectivity index (χ4v) is 6.06. The number of amidine groups is 1. The molecule has 0 unspecified atom stereocenters. The van der Waals surface area contributed by atoms with E-state index in [2.05, 4.69) is 15.3 Å². The molecule has 0 bridgehead atoms. The molecule has 10 nitrogen and oxygen atoms in total. The number of ether oxygens (including phenoxy) is 3. The number of nitrogens with one attached hydrogen (secondary N) is 1. The fourth-order valence-electron chi connectivity index (χ4n) is 6.06. The molecule has 2 aromatic heterocycles. The van der Waals surface area contributed by atoms with E-state index >= 15 is 0 Å². The lowest BCUT2D eigenvalue weighted by molar-refractivity contribution is -0.143. The Hall–Kier alpha value is -4.34. The van der Waals surface area contributed by atoms with Crippen molar-refractivity contribution in [2.75, 3.05) is 61.7 Å². The molecule has 0 aliphatic carbocycles. The van der Waals surface area contributed by atoms with Gasteiger partial charge in [0.2, 0.25) is 11.8 Å². The van der Waals surface area contributed by atoms with Crippen LogP contribution in [0.25, 0.3) is 0 Å². The third-order valence-corrected chi connectivity index (χ3v) is 8.32. The number of anilines is 3. The number of aromatic nitrogens is 3. The van der Waals surface area contributed by atoms with E-state index in [9.17, 15) is 26.3 Å². The fraction of sp³-hybridized carbons (Fsp3) is 0.484. The van der Waals surface area contributed by atoms with Gasteiger partial charge in [0.05, 0.1) is 73.0 Å². The van der Waals surface area contributed by atoms with Crippen LogP contribution in [-0.4, -0.2) is 73.6 Å². The van der Waals surface area contributed by atoms with Crippen LogP contribution in [0.15, 0.2) is 41.5 Å². The van der Waals surface area contributed by atoms with Crippen molar-refractivity contribution in [3.05, 3.63) is 64.6 Å². The first-order valence-corrected chi connectivity index (χ1v) is 15.2. The highest BCUT2D eigenvalue weighted by atomic mass is 19.4. The summed E-state index contributed by atoms with van der Waals surface area (Å²) in [6, 6.07) is 5.26. The summed E-state index contributed by atoms with van der Waals surface area (Å²) in [6.45, 7) is 4.78. The summed E-state index contributed by atoms with van der Waals surface area (Å²) < 4.78 is 98.7. The molecule has 0 spiro atoms. The molecule has 2 atom stereocenters. The second-order valence-corrected chi connectivity index (χ2v) is 11.4. The van der Waals surface area contributed by atoms with Gasteiger partial charge >= 0.3 is 12.4 Å².